The molecule has 2 aromatic heterocycles. The van der Waals surface area contributed by atoms with Crippen LogP contribution in [0.25, 0.3) is 5.76 Å². The number of esters is 1. The summed E-state index contributed by atoms with van der Waals surface area (Å²) in [5.74, 6) is -2.03. The first-order chi connectivity index (χ1) is 18.4. The molecule has 1 saturated heterocycles. The fraction of sp³-hybridized carbons (Fsp3) is 0.250. The summed E-state index contributed by atoms with van der Waals surface area (Å²) in [4.78, 5) is 49.0. The monoisotopic (exact) mass is 533 g/mol. The molecule has 1 aliphatic rings. The minimum atomic E-state index is -0.990. The van der Waals surface area contributed by atoms with Crippen LogP contribution in [0.2, 0.25) is 0 Å². The van der Waals surface area contributed by atoms with E-state index in [0.717, 1.165) is 24.2 Å². The molecule has 0 bridgehead atoms. The smallest absolute Gasteiger partial charge is 0.350 e. The third-order valence-corrected chi connectivity index (χ3v) is 7.01. The average molecular weight is 534 g/mol. The van der Waals surface area contributed by atoms with Crippen molar-refractivity contribution in [1.82, 2.24) is 9.97 Å². The van der Waals surface area contributed by atoms with Crippen molar-refractivity contribution in [1.29, 1.82) is 0 Å². The summed E-state index contributed by atoms with van der Waals surface area (Å²) >= 11 is 0.940. The zero-order valence-corrected chi connectivity index (χ0v) is 21.9. The number of carbonyl (C=O) groups is 3. The van der Waals surface area contributed by atoms with Crippen molar-refractivity contribution in [2.75, 3.05) is 18.1 Å². The number of ether oxygens (including phenoxy) is 2. The molecule has 1 unspecified atom stereocenters. The van der Waals surface area contributed by atoms with Gasteiger partial charge in [-0.2, -0.15) is 0 Å². The van der Waals surface area contributed by atoms with E-state index in [1.165, 1.54) is 23.4 Å². The standard InChI is InChI=1S/C28H27N3O6S/c1-4-6-16-36-20-9-7-18(8-10-20)22-21(23(32)19-11-13-29-14-12-19)24(33)26(34)31(22)28-30-17(3)25(38-28)27(35)37-15-5-2/h5,7-14,22,32H,2,4,6,15-16H2,1,3H3. The molecule has 3 heterocycles. The molecule has 3 aromatic rings. The van der Waals surface area contributed by atoms with E-state index in [9.17, 15) is 19.5 Å². The number of aliphatic hydroxyl groups is 1. The highest BCUT2D eigenvalue weighted by molar-refractivity contribution is 7.17. The summed E-state index contributed by atoms with van der Waals surface area (Å²) in [6.07, 6.45) is 6.32. The largest absolute Gasteiger partial charge is 0.507 e. The number of unbranched alkanes of at least 4 members (excludes halogenated alkanes) is 1. The Morgan fingerprint density at radius 3 is 2.55 bits per heavy atom. The zero-order valence-electron chi connectivity index (χ0n) is 21.0. The minimum absolute atomic E-state index is 0.0224. The van der Waals surface area contributed by atoms with Gasteiger partial charge in [-0.15, -0.1) is 0 Å². The first kappa shape index (κ1) is 26.7. The maximum atomic E-state index is 13.4. The predicted molar refractivity (Wildman–Crippen MR) is 143 cm³/mol. The number of rotatable bonds is 10. The maximum absolute atomic E-state index is 13.4. The van der Waals surface area contributed by atoms with Crippen molar-refractivity contribution in [3.05, 3.63) is 88.7 Å². The van der Waals surface area contributed by atoms with Crippen LogP contribution < -0.4 is 9.64 Å². The number of thiazole rings is 1. The van der Waals surface area contributed by atoms with Gasteiger partial charge in [-0.3, -0.25) is 19.5 Å². The Hall–Kier alpha value is -4.31. The first-order valence-electron chi connectivity index (χ1n) is 12.1. The third-order valence-electron chi connectivity index (χ3n) is 5.87. The molecule has 1 amide bonds. The van der Waals surface area contributed by atoms with Gasteiger partial charge in [0.2, 0.25) is 0 Å². The molecule has 1 aromatic carbocycles. The molecule has 1 fully saturated rings. The molecule has 38 heavy (non-hydrogen) atoms. The van der Waals surface area contributed by atoms with Crippen molar-refractivity contribution >= 4 is 39.9 Å². The van der Waals surface area contributed by atoms with Crippen molar-refractivity contribution < 1.29 is 29.0 Å². The Morgan fingerprint density at radius 1 is 1.18 bits per heavy atom. The van der Waals surface area contributed by atoms with Gasteiger partial charge in [-0.1, -0.05) is 49.5 Å². The second-order valence-corrected chi connectivity index (χ2v) is 9.45. The summed E-state index contributed by atoms with van der Waals surface area (Å²) in [6, 6.07) is 9.09. The number of anilines is 1. The number of nitrogens with zero attached hydrogens (tertiary/aromatic N) is 3. The average Bonchev–Trinajstić information content (AvgIpc) is 3.44. The number of hydrogen-bond donors (Lipinski definition) is 1. The summed E-state index contributed by atoms with van der Waals surface area (Å²) in [5.41, 5.74) is 1.16. The normalized spacial score (nSPS) is 16.5. The Kier molecular flexibility index (Phi) is 8.32. The van der Waals surface area contributed by atoms with Gasteiger partial charge in [0.05, 0.1) is 23.9 Å². The second-order valence-electron chi connectivity index (χ2n) is 8.47. The molecule has 0 radical (unpaired) electrons. The molecule has 1 N–H and O–H groups in total. The van der Waals surface area contributed by atoms with Gasteiger partial charge in [-0.05, 0) is 43.2 Å². The molecule has 9 nitrogen and oxygen atoms in total. The van der Waals surface area contributed by atoms with E-state index in [4.69, 9.17) is 9.47 Å². The van der Waals surface area contributed by atoms with Gasteiger partial charge in [0, 0.05) is 18.0 Å². The molecule has 10 heteroatoms. The number of aryl methyl sites for hydroxylation is 1. The number of aliphatic hydroxyl groups excluding tert-OH is 1. The third kappa shape index (κ3) is 5.35. The van der Waals surface area contributed by atoms with E-state index in [2.05, 4.69) is 23.5 Å². The number of aromatic nitrogens is 2. The second kappa shape index (κ2) is 11.8. The molecule has 4 rings (SSSR count). The van der Waals surface area contributed by atoms with Crippen LogP contribution >= 0.6 is 11.3 Å². The number of pyridine rings is 1. The number of ketones is 1. The van der Waals surface area contributed by atoms with Gasteiger partial charge < -0.3 is 14.6 Å². The van der Waals surface area contributed by atoms with E-state index >= 15 is 0 Å². The zero-order chi connectivity index (χ0) is 27.2. The molecule has 0 saturated carbocycles. The highest BCUT2D eigenvalue weighted by Gasteiger charge is 2.48. The van der Waals surface area contributed by atoms with Crippen LogP contribution in [0.4, 0.5) is 5.13 Å². The molecular weight excluding hydrogens is 506 g/mol. The van der Waals surface area contributed by atoms with Crippen LogP contribution in [0.15, 0.2) is 67.0 Å². The molecular formula is C28H27N3O6S. The molecule has 0 aliphatic carbocycles. The summed E-state index contributed by atoms with van der Waals surface area (Å²) in [5, 5.41) is 11.3. The van der Waals surface area contributed by atoms with Gasteiger partial charge in [0.1, 0.15) is 23.0 Å². The number of Topliss-reactive ketones (excluding diaryl/α,β-unsaturated/α-hetero) is 1. The Bertz CT molecular complexity index is 1380. The van der Waals surface area contributed by atoms with E-state index in [0.29, 0.717) is 29.2 Å². The fourth-order valence-electron chi connectivity index (χ4n) is 3.97. The summed E-state index contributed by atoms with van der Waals surface area (Å²) < 4.78 is 10.9. The van der Waals surface area contributed by atoms with Crippen LogP contribution in [-0.2, 0) is 14.3 Å². The molecule has 0 spiro atoms. The van der Waals surface area contributed by atoms with Crippen molar-refractivity contribution in [2.24, 2.45) is 0 Å². The van der Waals surface area contributed by atoms with Crippen LogP contribution in [0, 0.1) is 6.92 Å². The maximum Gasteiger partial charge on any atom is 0.350 e. The van der Waals surface area contributed by atoms with Crippen molar-refractivity contribution in [3.63, 3.8) is 0 Å². The lowest BCUT2D eigenvalue weighted by atomic mass is 9.95. The minimum Gasteiger partial charge on any atom is -0.507 e. The number of hydrogen-bond acceptors (Lipinski definition) is 9. The summed E-state index contributed by atoms with van der Waals surface area (Å²) in [6.45, 7) is 7.82. The van der Waals surface area contributed by atoms with Crippen molar-refractivity contribution in [3.8, 4) is 5.75 Å². The predicted octanol–water partition coefficient (Wildman–Crippen LogP) is 4.99. The van der Waals surface area contributed by atoms with E-state index in [1.807, 2.05) is 0 Å². The lowest BCUT2D eigenvalue weighted by molar-refractivity contribution is -0.132. The molecule has 1 aliphatic heterocycles. The molecule has 196 valence electrons. The van der Waals surface area contributed by atoms with Crippen LogP contribution in [0.5, 0.6) is 5.75 Å². The topological polar surface area (TPSA) is 119 Å². The van der Waals surface area contributed by atoms with Crippen LogP contribution in [-0.4, -0.2) is 45.9 Å². The quantitative estimate of drug-likeness (QED) is 0.0966. The van der Waals surface area contributed by atoms with Gasteiger partial charge in [0.25, 0.3) is 5.78 Å². The Balaban J connectivity index is 1.81. The van der Waals surface area contributed by atoms with E-state index in [1.54, 1.807) is 43.3 Å². The van der Waals surface area contributed by atoms with Gasteiger partial charge >= 0.3 is 11.9 Å². The van der Waals surface area contributed by atoms with Gasteiger partial charge in [-0.25, -0.2) is 9.78 Å². The number of amides is 1. The van der Waals surface area contributed by atoms with Crippen LogP contribution in [0.1, 0.15) is 52.3 Å². The van der Waals surface area contributed by atoms with Crippen molar-refractivity contribution in [2.45, 2.75) is 32.7 Å². The Labute approximate surface area is 224 Å². The highest BCUT2D eigenvalue weighted by atomic mass is 32.1. The number of benzene rings is 1. The van der Waals surface area contributed by atoms with Gasteiger partial charge in [0.15, 0.2) is 5.13 Å². The molecule has 1 atom stereocenters. The van der Waals surface area contributed by atoms with E-state index < -0.39 is 23.7 Å². The van der Waals surface area contributed by atoms with Crippen LogP contribution in [0.3, 0.4) is 0 Å². The SMILES string of the molecule is C=CCOC(=O)c1sc(N2C(=O)C(=O)C(=C(O)c3ccncc3)C2c2ccc(OCCCC)cc2)nc1C. The fourth-order valence-corrected chi connectivity index (χ4v) is 4.95. The highest BCUT2D eigenvalue weighted by Crippen LogP contribution is 2.44. The lowest BCUT2D eigenvalue weighted by Gasteiger charge is -2.23. The van der Waals surface area contributed by atoms with E-state index in [-0.39, 0.29) is 27.9 Å². The lowest BCUT2D eigenvalue weighted by Crippen LogP contribution is -2.29. The number of carbonyl (C=O) groups excluding carboxylic acids is 3. The Morgan fingerprint density at radius 2 is 1.89 bits per heavy atom. The first-order valence-corrected chi connectivity index (χ1v) is 12.9. The summed E-state index contributed by atoms with van der Waals surface area (Å²) in [7, 11) is 0.